The smallest absolute Gasteiger partial charge is 0.180 e. The van der Waals surface area contributed by atoms with Crippen molar-refractivity contribution < 1.29 is 19.1 Å². The van der Waals surface area contributed by atoms with Crippen LogP contribution in [0.15, 0.2) is 40.9 Å². The van der Waals surface area contributed by atoms with E-state index >= 15 is 0 Å². The van der Waals surface area contributed by atoms with Crippen LogP contribution in [0, 0.1) is 0 Å². The van der Waals surface area contributed by atoms with Gasteiger partial charge >= 0.3 is 0 Å². The number of methoxy groups -OCH3 is 2. The lowest BCUT2D eigenvalue weighted by Crippen LogP contribution is -1.95. The van der Waals surface area contributed by atoms with E-state index in [0.29, 0.717) is 49.7 Å². The molecule has 0 fully saturated rings. The van der Waals surface area contributed by atoms with Gasteiger partial charge in [0.15, 0.2) is 5.76 Å². The van der Waals surface area contributed by atoms with Crippen LogP contribution in [0.2, 0.25) is 10.0 Å². The first-order valence-corrected chi connectivity index (χ1v) is 8.11. The molecule has 0 bridgehead atoms. The highest BCUT2D eigenvalue weighted by atomic mass is 35.5. The Kier molecular flexibility index (Phi) is 5.18. The monoisotopic (exact) mass is 379 g/mol. The Labute approximate surface area is 154 Å². The summed E-state index contributed by atoms with van der Waals surface area (Å²) in [6, 6.07) is 10.4. The van der Waals surface area contributed by atoms with Crippen LogP contribution in [0.3, 0.4) is 0 Å². The minimum Gasteiger partial charge on any atom is -0.496 e. The predicted octanol–water partition coefficient (Wildman–Crippen LogP) is 4.82. The van der Waals surface area contributed by atoms with E-state index in [4.69, 9.17) is 37.2 Å². The van der Waals surface area contributed by atoms with E-state index in [-0.39, 0.29) is 6.61 Å². The number of aromatic nitrogens is 1. The van der Waals surface area contributed by atoms with E-state index in [1.165, 1.54) is 0 Å². The Morgan fingerprint density at radius 3 is 2.16 bits per heavy atom. The van der Waals surface area contributed by atoms with Crippen LogP contribution in [-0.4, -0.2) is 24.5 Å². The van der Waals surface area contributed by atoms with Gasteiger partial charge in [0.25, 0.3) is 0 Å². The highest BCUT2D eigenvalue weighted by Crippen LogP contribution is 2.43. The first-order valence-electron chi connectivity index (χ1n) is 7.36. The molecule has 0 saturated heterocycles. The van der Waals surface area contributed by atoms with Crippen molar-refractivity contribution in [3.05, 3.63) is 52.0 Å². The molecular weight excluding hydrogens is 365 g/mol. The van der Waals surface area contributed by atoms with Gasteiger partial charge in [0, 0.05) is 15.6 Å². The van der Waals surface area contributed by atoms with E-state index < -0.39 is 0 Å². The van der Waals surface area contributed by atoms with Crippen LogP contribution in [0.1, 0.15) is 5.56 Å². The quantitative estimate of drug-likeness (QED) is 0.687. The highest BCUT2D eigenvalue weighted by molar-refractivity contribution is 6.35. The second-order valence-corrected chi connectivity index (χ2v) is 6.07. The fourth-order valence-corrected chi connectivity index (χ4v) is 3.17. The number of benzene rings is 2. The molecule has 0 amide bonds. The molecule has 1 heterocycles. The molecule has 0 aliphatic heterocycles. The van der Waals surface area contributed by atoms with Crippen molar-refractivity contribution in [2.75, 3.05) is 14.2 Å². The topological polar surface area (TPSA) is 64.7 Å². The van der Waals surface area contributed by atoms with Gasteiger partial charge in [-0.1, -0.05) is 34.4 Å². The molecule has 0 aliphatic carbocycles. The largest absolute Gasteiger partial charge is 0.496 e. The molecule has 0 unspecified atom stereocenters. The van der Waals surface area contributed by atoms with Gasteiger partial charge in [-0.25, -0.2) is 0 Å². The third kappa shape index (κ3) is 3.31. The van der Waals surface area contributed by atoms with E-state index in [0.717, 1.165) is 0 Å². The minimum absolute atomic E-state index is 0.292. The summed E-state index contributed by atoms with van der Waals surface area (Å²) in [4.78, 5) is 0. The first kappa shape index (κ1) is 17.6. The number of nitrogens with zero attached hydrogens (tertiary/aromatic N) is 1. The predicted molar refractivity (Wildman–Crippen MR) is 96.4 cm³/mol. The second-order valence-electron chi connectivity index (χ2n) is 5.19. The molecule has 0 atom stereocenters. The van der Waals surface area contributed by atoms with Gasteiger partial charge in [0.2, 0.25) is 0 Å². The van der Waals surface area contributed by atoms with Crippen LogP contribution in [-0.2, 0) is 6.61 Å². The Hall–Kier alpha value is -2.21. The van der Waals surface area contributed by atoms with Crippen molar-refractivity contribution in [3.63, 3.8) is 0 Å². The molecule has 25 heavy (non-hydrogen) atoms. The summed E-state index contributed by atoms with van der Waals surface area (Å²) in [6.07, 6.45) is 0. The summed E-state index contributed by atoms with van der Waals surface area (Å²) in [7, 11) is 3.09. The molecule has 3 rings (SSSR count). The van der Waals surface area contributed by atoms with Gasteiger partial charge in [-0.05, 0) is 30.3 Å². The van der Waals surface area contributed by atoms with Crippen molar-refractivity contribution in [2.45, 2.75) is 6.61 Å². The molecule has 2 aromatic carbocycles. The van der Waals surface area contributed by atoms with Gasteiger partial charge < -0.3 is 19.1 Å². The lowest BCUT2D eigenvalue weighted by atomic mass is 10.0. The molecule has 0 radical (unpaired) electrons. The number of hydrogen-bond acceptors (Lipinski definition) is 5. The Morgan fingerprint density at radius 2 is 1.64 bits per heavy atom. The van der Waals surface area contributed by atoms with Gasteiger partial charge in [0.1, 0.15) is 22.8 Å². The molecule has 0 saturated carbocycles. The summed E-state index contributed by atoms with van der Waals surface area (Å²) in [5, 5.41) is 15.0. The summed E-state index contributed by atoms with van der Waals surface area (Å²) >= 11 is 12.1. The van der Waals surface area contributed by atoms with Crippen molar-refractivity contribution >= 4 is 23.2 Å². The average molecular weight is 380 g/mol. The minimum atomic E-state index is -0.292. The molecule has 0 spiro atoms. The summed E-state index contributed by atoms with van der Waals surface area (Å²) in [5.74, 6) is 1.45. The lowest BCUT2D eigenvalue weighted by Gasteiger charge is -2.11. The van der Waals surface area contributed by atoms with E-state index in [1.807, 2.05) is 0 Å². The zero-order valence-corrected chi connectivity index (χ0v) is 15.1. The van der Waals surface area contributed by atoms with Gasteiger partial charge in [-0.15, -0.1) is 0 Å². The molecule has 5 nitrogen and oxygen atoms in total. The van der Waals surface area contributed by atoms with E-state index in [1.54, 1.807) is 50.6 Å². The van der Waals surface area contributed by atoms with Crippen LogP contribution < -0.4 is 9.47 Å². The molecule has 1 aromatic heterocycles. The molecule has 7 heteroatoms. The number of ether oxygens (including phenoxy) is 2. The molecule has 3 aromatic rings. The van der Waals surface area contributed by atoms with Gasteiger partial charge in [0.05, 0.1) is 26.4 Å². The Bertz CT molecular complexity index is 866. The van der Waals surface area contributed by atoms with Crippen molar-refractivity contribution in [1.29, 1.82) is 0 Å². The number of hydrogen-bond donors (Lipinski definition) is 1. The van der Waals surface area contributed by atoms with Crippen LogP contribution >= 0.6 is 23.2 Å². The van der Waals surface area contributed by atoms with Gasteiger partial charge in [-0.2, -0.15) is 0 Å². The second kappa shape index (κ2) is 7.35. The zero-order valence-electron chi connectivity index (χ0n) is 13.5. The van der Waals surface area contributed by atoms with Crippen LogP contribution in [0.4, 0.5) is 0 Å². The Morgan fingerprint density at radius 1 is 1.04 bits per heavy atom. The fraction of sp³-hybridized carbons (Fsp3) is 0.167. The SMILES string of the molecule is COc1cccc(OC)c1-c1onc(-c2cc(Cl)cc(Cl)c2)c1CO. The third-order valence-corrected chi connectivity index (χ3v) is 4.17. The van der Waals surface area contributed by atoms with Gasteiger partial charge in [-0.3, -0.25) is 0 Å². The zero-order chi connectivity index (χ0) is 18.0. The first-order chi connectivity index (χ1) is 12.1. The van der Waals surface area contributed by atoms with Crippen molar-refractivity contribution in [3.8, 4) is 34.1 Å². The number of aliphatic hydroxyl groups is 1. The highest BCUT2D eigenvalue weighted by Gasteiger charge is 2.24. The maximum absolute atomic E-state index is 9.93. The number of aliphatic hydroxyl groups excluding tert-OH is 1. The fourth-order valence-electron chi connectivity index (χ4n) is 2.64. The third-order valence-electron chi connectivity index (χ3n) is 3.74. The summed E-state index contributed by atoms with van der Waals surface area (Å²) < 4.78 is 16.3. The summed E-state index contributed by atoms with van der Waals surface area (Å²) in [6.45, 7) is -0.292. The van der Waals surface area contributed by atoms with Crippen LogP contribution in [0.5, 0.6) is 11.5 Å². The standard InChI is InChI=1S/C18H15Cl2NO4/c1-23-14-4-3-5-15(24-2)16(14)18-13(9-22)17(21-25-18)10-6-11(19)8-12(20)7-10/h3-8,22H,9H2,1-2H3. The maximum atomic E-state index is 9.93. The number of rotatable bonds is 5. The molecule has 1 N–H and O–H groups in total. The normalized spacial score (nSPS) is 10.8. The maximum Gasteiger partial charge on any atom is 0.180 e. The molecular formula is C18H15Cl2NO4. The average Bonchev–Trinajstić information content (AvgIpc) is 3.03. The Balaban J connectivity index is 2.23. The van der Waals surface area contributed by atoms with E-state index in [9.17, 15) is 5.11 Å². The van der Waals surface area contributed by atoms with Crippen molar-refractivity contribution in [1.82, 2.24) is 5.16 Å². The van der Waals surface area contributed by atoms with Crippen LogP contribution in [0.25, 0.3) is 22.6 Å². The molecule has 0 aliphatic rings. The summed E-state index contributed by atoms with van der Waals surface area (Å²) in [5.41, 5.74) is 2.16. The number of halogens is 2. The lowest BCUT2D eigenvalue weighted by molar-refractivity contribution is 0.281. The van der Waals surface area contributed by atoms with Crippen molar-refractivity contribution in [2.24, 2.45) is 0 Å². The van der Waals surface area contributed by atoms with E-state index in [2.05, 4.69) is 5.16 Å². The molecule has 130 valence electrons.